The number of ether oxygens (including phenoxy) is 3. The second-order valence-corrected chi connectivity index (χ2v) is 18.9. The molecule has 0 saturated heterocycles. The molecule has 0 rings (SSSR count). The molecule has 0 N–H and O–H groups in total. The van der Waals surface area contributed by atoms with Gasteiger partial charge in [-0.1, -0.05) is 234 Å². The Labute approximate surface area is 355 Å². The molecular formula is C51H98O6. The van der Waals surface area contributed by atoms with Crippen LogP contribution in [-0.2, 0) is 28.6 Å². The Morgan fingerprint density at radius 2 is 0.509 bits per heavy atom. The third-order valence-corrected chi connectivity index (χ3v) is 11.4. The predicted molar refractivity (Wildman–Crippen MR) is 243 cm³/mol. The molecule has 0 aliphatic heterocycles. The summed E-state index contributed by atoms with van der Waals surface area (Å²) in [7, 11) is 0. The van der Waals surface area contributed by atoms with Crippen molar-refractivity contribution in [3.63, 3.8) is 0 Å². The van der Waals surface area contributed by atoms with Gasteiger partial charge in [-0.15, -0.1) is 0 Å². The van der Waals surface area contributed by atoms with Crippen LogP contribution in [0.25, 0.3) is 0 Å². The molecule has 0 aromatic carbocycles. The maximum atomic E-state index is 12.7. The molecule has 0 radical (unpaired) electrons. The zero-order chi connectivity index (χ0) is 42.0. The Bertz CT molecular complexity index is 883. The number of carbonyl (C=O) groups excluding carboxylic acids is 3. The Kier molecular flexibility index (Phi) is 41.3. The minimum atomic E-state index is -0.762. The number of hydrogen-bond acceptors (Lipinski definition) is 6. The molecule has 0 saturated carbocycles. The topological polar surface area (TPSA) is 78.9 Å². The van der Waals surface area contributed by atoms with Crippen molar-refractivity contribution in [1.82, 2.24) is 0 Å². The highest BCUT2D eigenvalue weighted by Crippen LogP contribution is 2.17. The lowest BCUT2D eigenvalue weighted by Gasteiger charge is -2.18. The van der Waals surface area contributed by atoms with Crippen LogP contribution in [0.2, 0.25) is 0 Å². The van der Waals surface area contributed by atoms with E-state index in [1.165, 1.54) is 154 Å². The fourth-order valence-electron chi connectivity index (χ4n) is 7.59. The monoisotopic (exact) mass is 807 g/mol. The van der Waals surface area contributed by atoms with Crippen molar-refractivity contribution >= 4 is 17.9 Å². The van der Waals surface area contributed by atoms with Gasteiger partial charge in [-0.2, -0.15) is 0 Å². The predicted octanol–water partition coefficient (Wildman–Crippen LogP) is 16.0. The first-order valence-corrected chi connectivity index (χ1v) is 25.1. The van der Waals surface area contributed by atoms with Crippen molar-refractivity contribution in [2.75, 3.05) is 13.2 Å². The lowest BCUT2D eigenvalue weighted by Crippen LogP contribution is -2.30. The highest BCUT2D eigenvalue weighted by Gasteiger charge is 2.19. The molecule has 6 nitrogen and oxygen atoms in total. The van der Waals surface area contributed by atoms with E-state index in [0.717, 1.165) is 75.5 Å². The average molecular weight is 807 g/mol. The molecule has 0 aromatic heterocycles. The van der Waals surface area contributed by atoms with Crippen molar-refractivity contribution in [3.8, 4) is 0 Å². The smallest absolute Gasteiger partial charge is 0.306 e. The molecular weight excluding hydrogens is 709 g/mol. The van der Waals surface area contributed by atoms with Crippen molar-refractivity contribution in [3.05, 3.63) is 0 Å². The second-order valence-electron chi connectivity index (χ2n) is 18.9. The molecule has 0 spiro atoms. The van der Waals surface area contributed by atoms with Crippen LogP contribution in [0.5, 0.6) is 0 Å². The van der Waals surface area contributed by atoms with E-state index in [-0.39, 0.29) is 31.1 Å². The molecule has 57 heavy (non-hydrogen) atoms. The Morgan fingerprint density at radius 3 is 0.754 bits per heavy atom. The highest BCUT2D eigenvalue weighted by atomic mass is 16.6. The summed E-state index contributed by atoms with van der Waals surface area (Å²) in [5, 5.41) is 0. The van der Waals surface area contributed by atoms with Gasteiger partial charge < -0.3 is 14.2 Å². The summed E-state index contributed by atoms with van der Waals surface area (Å²) in [6.45, 7) is 13.7. The van der Waals surface area contributed by atoms with Crippen LogP contribution in [0, 0.1) is 17.8 Å². The Hall–Kier alpha value is -1.59. The summed E-state index contributed by atoms with van der Waals surface area (Å²) in [4.78, 5) is 37.8. The van der Waals surface area contributed by atoms with Crippen LogP contribution < -0.4 is 0 Å². The lowest BCUT2D eigenvalue weighted by molar-refractivity contribution is -0.167. The molecule has 1 atom stereocenters. The third kappa shape index (κ3) is 45.3. The van der Waals surface area contributed by atoms with Crippen LogP contribution in [0.15, 0.2) is 0 Å². The highest BCUT2D eigenvalue weighted by molar-refractivity contribution is 5.71. The fraction of sp³-hybridized carbons (Fsp3) is 0.941. The number of unbranched alkanes of at least 4 members (excludes halogenated alkanes) is 27. The molecule has 0 fully saturated rings. The van der Waals surface area contributed by atoms with Crippen molar-refractivity contribution in [1.29, 1.82) is 0 Å². The van der Waals surface area contributed by atoms with E-state index in [1.807, 2.05) is 0 Å². The molecule has 0 aliphatic rings. The van der Waals surface area contributed by atoms with E-state index in [2.05, 4.69) is 41.5 Å². The largest absolute Gasteiger partial charge is 0.462 e. The maximum Gasteiger partial charge on any atom is 0.306 e. The van der Waals surface area contributed by atoms with Gasteiger partial charge in [0.15, 0.2) is 6.10 Å². The molecule has 6 heteroatoms. The van der Waals surface area contributed by atoms with Crippen LogP contribution in [-0.4, -0.2) is 37.2 Å². The van der Waals surface area contributed by atoms with Crippen molar-refractivity contribution in [2.24, 2.45) is 17.8 Å². The van der Waals surface area contributed by atoms with Gasteiger partial charge in [0.2, 0.25) is 0 Å². The zero-order valence-electron chi connectivity index (χ0n) is 39.1. The van der Waals surface area contributed by atoms with Crippen molar-refractivity contribution in [2.45, 2.75) is 279 Å². The summed E-state index contributed by atoms with van der Waals surface area (Å²) in [6.07, 6.45) is 41.0. The zero-order valence-corrected chi connectivity index (χ0v) is 39.1. The molecule has 0 amide bonds. The summed E-state index contributed by atoms with van der Waals surface area (Å²) in [6, 6.07) is 0. The Balaban J connectivity index is 4.27. The Morgan fingerprint density at radius 1 is 0.298 bits per heavy atom. The third-order valence-electron chi connectivity index (χ3n) is 11.4. The van der Waals surface area contributed by atoms with E-state index in [1.54, 1.807) is 0 Å². The van der Waals surface area contributed by atoms with E-state index < -0.39 is 6.10 Å². The first-order chi connectivity index (χ1) is 27.6. The van der Waals surface area contributed by atoms with Gasteiger partial charge in [0.1, 0.15) is 13.2 Å². The van der Waals surface area contributed by atoms with Gasteiger partial charge in [0.25, 0.3) is 0 Å². The first kappa shape index (κ1) is 55.4. The standard InChI is InChI=1S/C51H98O6/c1-45(2)37-31-25-19-14-11-9-7-8-10-12-16-22-28-34-40-49(52)55-43-48(57-51(54)42-36-30-24-18-21-27-33-39-47(5)6)44-56-50(53)41-35-29-23-17-13-15-20-26-32-38-46(3)4/h45-48H,7-44H2,1-6H3/t48-/m0/s1. The minimum absolute atomic E-state index is 0.0656. The summed E-state index contributed by atoms with van der Waals surface area (Å²) >= 11 is 0. The van der Waals surface area contributed by atoms with Crippen LogP contribution in [0.3, 0.4) is 0 Å². The number of rotatable bonds is 44. The average Bonchev–Trinajstić information content (AvgIpc) is 3.16. The lowest BCUT2D eigenvalue weighted by atomic mass is 10.0. The van der Waals surface area contributed by atoms with E-state index >= 15 is 0 Å². The van der Waals surface area contributed by atoms with Crippen LogP contribution in [0.1, 0.15) is 273 Å². The van der Waals surface area contributed by atoms with Crippen molar-refractivity contribution < 1.29 is 28.6 Å². The number of esters is 3. The minimum Gasteiger partial charge on any atom is -0.462 e. The van der Waals surface area contributed by atoms with E-state index in [9.17, 15) is 14.4 Å². The van der Waals surface area contributed by atoms with Gasteiger partial charge >= 0.3 is 17.9 Å². The summed E-state index contributed by atoms with van der Waals surface area (Å²) in [5.41, 5.74) is 0. The molecule has 0 aromatic rings. The van der Waals surface area contributed by atoms with Gasteiger partial charge in [-0.25, -0.2) is 0 Å². The summed E-state index contributed by atoms with van der Waals surface area (Å²) in [5.74, 6) is 1.57. The van der Waals surface area contributed by atoms with Gasteiger partial charge in [0, 0.05) is 19.3 Å². The quantitative estimate of drug-likeness (QED) is 0.0347. The normalized spacial score (nSPS) is 12.2. The molecule has 0 unspecified atom stereocenters. The van der Waals surface area contributed by atoms with Crippen LogP contribution in [0.4, 0.5) is 0 Å². The first-order valence-electron chi connectivity index (χ1n) is 25.1. The fourth-order valence-corrected chi connectivity index (χ4v) is 7.59. The SMILES string of the molecule is CC(C)CCCCCCCCCCCCCCCCC(=O)OC[C@@H](COC(=O)CCCCCCCCCCCC(C)C)OC(=O)CCCCCCCCCC(C)C. The van der Waals surface area contributed by atoms with E-state index in [4.69, 9.17) is 14.2 Å². The van der Waals surface area contributed by atoms with Crippen LogP contribution >= 0.6 is 0 Å². The maximum absolute atomic E-state index is 12.7. The van der Waals surface area contributed by atoms with Gasteiger partial charge in [-0.05, 0) is 37.0 Å². The molecule has 0 heterocycles. The number of carbonyl (C=O) groups is 3. The number of hydrogen-bond donors (Lipinski definition) is 0. The van der Waals surface area contributed by atoms with Gasteiger partial charge in [-0.3, -0.25) is 14.4 Å². The second kappa shape index (κ2) is 42.5. The van der Waals surface area contributed by atoms with Gasteiger partial charge in [0.05, 0.1) is 0 Å². The molecule has 0 bridgehead atoms. The summed E-state index contributed by atoms with van der Waals surface area (Å²) < 4.78 is 16.8. The molecule has 0 aliphatic carbocycles. The van der Waals surface area contributed by atoms with E-state index in [0.29, 0.717) is 19.3 Å². The molecule has 338 valence electrons.